The summed E-state index contributed by atoms with van der Waals surface area (Å²) in [6.07, 6.45) is -5.11. The van der Waals surface area contributed by atoms with Gasteiger partial charge in [0.1, 0.15) is 30.6 Å². The molecule has 270 valence electrons. The Morgan fingerprint density at radius 3 is 2.54 bits per heavy atom. The Morgan fingerprint density at radius 1 is 1.16 bits per heavy atom. The largest absolute Gasteiger partial charge is 0.488 e. The van der Waals surface area contributed by atoms with Crippen LogP contribution in [0.1, 0.15) is 44.7 Å². The molecule has 2 aliphatic rings. The fourth-order valence-electron chi connectivity index (χ4n) is 4.95. The minimum atomic E-state index is -1.72. The number of amidine groups is 1. The van der Waals surface area contributed by atoms with Crippen LogP contribution in [-0.4, -0.2) is 101 Å². The van der Waals surface area contributed by atoms with Crippen LogP contribution in [0.15, 0.2) is 52.4 Å². The predicted molar refractivity (Wildman–Crippen MR) is 185 cm³/mol. The molecule has 2 heterocycles. The number of aryl methyl sites for hydroxylation is 1. The van der Waals surface area contributed by atoms with Crippen molar-refractivity contribution >= 4 is 64.0 Å². The number of aliphatic imine (C=N–C) groups is 1. The van der Waals surface area contributed by atoms with Crippen LogP contribution in [0.4, 0.5) is 5.69 Å². The molecule has 2 amide bonds. The summed E-state index contributed by atoms with van der Waals surface area (Å²) in [7, 11) is 0. The molecule has 0 radical (unpaired) electrons. The molecular formula is C34H40ClN3O11S. The molecule has 0 bridgehead atoms. The Morgan fingerprint density at radius 2 is 1.90 bits per heavy atom. The number of hydrogen-bond donors (Lipinski definition) is 4. The van der Waals surface area contributed by atoms with Crippen LogP contribution in [-0.2, 0) is 33.4 Å². The number of ether oxygens (including phenoxy) is 4. The van der Waals surface area contributed by atoms with E-state index >= 15 is 0 Å². The highest BCUT2D eigenvalue weighted by atomic mass is 35.5. The Kier molecular flexibility index (Phi) is 13.8. The van der Waals surface area contributed by atoms with Crippen molar-refractivity contribution in [1.82, 2.24) is 5.32 Å². The molecule has 2 fully saturated rings. The minimum absolute atomic E-state index is 0.0700. The molecule has 0 saturated carbocycles. The van der Waals surface area contributed by atoms with Gasteiger partial charge in [-0.05, 0) is 66.9 Å². The van der Waals surface area contributed by atoms with Gasteiger partial charge in [-0.25, -0.2) is 4.79 Å². The third-order valence-corrected chi connectivity index (χ3v) is 8.87. The molecule has 0 unspecified atom stereocenters. The number of carbonyl (C=O) groups is 4. The second-order valence-corrected chi connectivity index (χ2v) is 12.8. The van der Waals surface area contributed by atoms with E-state index in [1.165, 1.54) is 11.8 Å². The second-order valence-electron chi connectivity index (χ2n) is 11.4. The van der Waals surface area contributed by atoms with Gasteiger partial charge >= 0.3 is 11.9 Å². The summed E-state index contributed by atoms with van der Waals surface area (Å²) in [5, 5.41) is 33.3. The Balaban J connectivity index is 1.37. The van der Waals surface area contributed by atoms with E-state index in [0.29, 0.717) is 22.2 Å². The van der Waals surface area contributed by atoms with Crippen LogP contribution in [0.5, 0.6) is 5.75 Å². The van der Waals surface area contributed by atoms with E-state index in [1.807, 2.05) is 38.1 Å². The second kappa shape index (κ2) is 17.8. The van der Waals surface area contributed by atoms with Crippen LogP contribution in [0.25, 0.3) is 6.08 Å². The number of amides is 2. The molecule has 16 heteroatoms. The van der Waals surface area contributed by atoms with Gasteiger partial charge in [0.2, 0.25) is 6.29 Å². The summed E-state index contributed by atoms with van der Waals surface area (Å²) in [4.78, 5) is 57.1. The molecule has 50 heavy (non-hydrogen) atoms. The lowest BCUT2D eigenvalue weighted by molar-refractivity contribution is -0.187. The highest BCUT2D eigenvalue weighted by Gasteiger charge is 2.48. The fraction of sp³-hybridized carbons (Fsp3) is 0.441. The SMILES string of the molecule is CCC/N=C1\S/C(=C\c2ccc(OC[C@@H](CO)OC(=O)[C@H](CC)NC(=O)[C@H]3O[C@H](OC(C)=O)[C@@H](O)[C@H]3O)c(Cl)c2)C(=O)N1c1ccccc1C. The van der Waals surface area contributed by atoms with Crippen molar-refractivity contribution in [2.45, 2.75) is 77.3 Å². The van der Waals surface area contributed by atoms with Gasteiger partial charge < -0.3 is 39.6 Å². The Labute approximate surface area is 298 Å². The van der Waals surface area contributed by atoms with Crippen molar-refractivity contribution < 1.29 is 53.4 Å². The molecule has 14 nitrogen and oxygen atoms in total. The van der Waals surface area contributed by atoms with Gasteiger partial charge in [0.15, 0.2) is 17.4 Å². The van der Waals surface area contributed by atoms with Crippen LogP contribution in [0.3, 0.4) is 0 Å². The van der Waals surface area contributed by atoms with Gasteiger partial charge in [0.25, 0.3) is 11.8 Å². The monoisotopic (exact) mass is 733 g/mol. The summed E-state index contributed by atoms with van der Waals surface area (Å²) >= 11 is 7.78. The third kappa shape index (κ3) is 9.41. The zero-order chi connectivity index (χ0) is 36.5. The number of anilines is 1. The van der Waals surface area contributed by atoms with E-state index in [0.717, 1.165) is 24.6 Å². The molecule has 2 saturated heterocycles. The van der Waals surface area contributed by atoms with E-state index in [2.05, 4.69) is 10.3 Å². The lowest BCUT2D eigenvalue weighted by Gasteiger charge is -2.22. The number of hydrogen-bond acceptors (Lipinski definition) is 13. The number of aliphatic hydroxyl groups excluding tert-OH is 3. The summed E-state index contributed by atoms with van der Waals surface area (Å²) in [6, 6.07) is 11.3. The Hall–Kier alpha value is -3.99. The molecule has 2 aromatic carbocycles. The molecule has 4 N–H and O–H groups in total. The summed E-state index contributed by atoms with van der Waals surface area (Å²) in [6.45, 7) is 6.28. The summed E-state index contributed by atoms with van der Waals surface area (Å²) in [5.74, 6) is -2.61. The number of thioether (sulfide) groups is 1. The van der Waals surface area contributed by atoms with E-state index in [4.69, 9.17) is 30.5 Å². The molecule has 6 atom stereocenters. The first-order valence-corrected chi connectivity index (χ1v) is 17.1. The molecule has 0 spiro atoms. The van der Waals surface area contributed by atoms with Gasteiger partial charge in [-0.15, -0.1) is 0 Å². The predicted octanol–water partition coefficient (Wildman–Crippen LogP) is 2.72. The van der Waals surface area contributed by atoms with E-state index in [-0.39, 0.29) is 29.7 Å². The van der Waals surface area contributed by atoms with Crippen LogP contribution in [0, 0.1) is 6.92 Å². The zero-order valence-corrected chi connectivity index (χ0v) is 29.5. The van der Waals surface area contributed by atoms with Gasteiger partial charge in [0.05, 0.1) is 22.2 Å². The number of nitrogens with zero attached hydrogens (tertiary/aromatic N) is 2. The number of aliphatic hydroxyl groups is 3. The quantitative estimate of drug-likeness (QED) is 0.164. The van der Waals surface area contributed by atoms with Gasteiger partial charge in [-0.1, -0.05) is 49.7 Å². The highest BCUT2D eigenvalue weighted by molar-refractivity contribution is 8.19. The van der Waals surface area contributed by atoms with Crippen molar-refractivity contribution in [1.29, 1.82) is 0 Å². The third-order valence-electron chi connectivity index (χ3n) is 7.57. The van der Waals surface area contributed by atoms with Crippen molar-refractivity contribution in [3.8, 4) is 5.75 Å². The minimum Gasteiger partial charge on any atom is -0.488 e. The van der Waals surface area contributed by atoms with E-state index < -0.39 is 61.2 Å². The fourth-order valence-corrected chi connectivity index (χ4v) is 6.19. The lowest BCUT2D eigenvalue weighted by atomic mass is 10.1. The van der Waals surface area contributed by atoms with Crippen molar-refractivity contribution in [2.24, 2.45) is 4.99 Å². The van der Waals surface area contributed by atoms with Gasteiger partial charge in [-0.2, -0.15) is 0 Å². The van der Waals surface area contributed by atoms with Crippen molar-refractivity contribution in [2.75, 3.05) is 24.7 Å². The first-order valence-electron chi connectivity index (χ1n) is 15.9. The van der Waals surface area contributed by atoms with E-state index in [9.17, 15) is 34.5 Å². The smallest absolute Gasteiger partial charge is 0.329 e. The maximum absolute atomic E-state index is 13.5. The van der Waals surface area contributed by atoms with E-state index in [1.54, 1.807) is 36.1 Å². The average molecular weight is 734 g/mol. The van der Waals surface area contributed by atoms with Crippen molar-refractivity contribution in [3.05, 3.63) is 63.5 Å². The molecule has 2 aliphatic heterocycles. The van der Waals surface area contributed by atoms with Crippen LogP contribution in [0.2, 0.25) is 5.02 Å². The Bertz CT molecular complexity index is 1640. The first kappa shape index (κ1) is 38.8. The molecule has 2 aromatic rings. The first-order chi connectivity index (χ1) is 23.9. The number of para-hydroxylation sites is 1. The average Bonchev–Trinajstić information content (AvgIpc) is 3.54. The lowest BCUT2D eigenvalue weighted by Crippen LogP contribution is -2.50. The number of nitrogens with one attached hydrogen (secondary N) is 1. The number of halogens is 1. The van der Waals surface area contributed by atoms with Crippen LogP contribution >= 0.6 is 23.4 Å². The number of benzene rings is 2. The summed E-state index contributed by atoms with van der Waals surface area (Å²) < 4.78 is 21.0. The highest BCUT2D eigenvalue weighted by Crippen LogP contribution is 2.38. The molecular weight excluding hydrogens is 694 g/mol. The van der Waals surface area contributed by atoms with Crippen LogP contribution < -0.4 is 15.0 Å². The topological polar surface area (TPSA) is 194 Å². The van der Waals surface area contributed by atoms with Crippen molar-refractivity contribution in [3.63, 3.8) is 0 Å². The molecule has 0 aliphatic carbocycles. The number of rotatable bonds is 14. The normalized spacial score (nSPS) is 23.2. The standard InChI is InChI=1S/C34H40ClN3O11S/c1-5-13-36-34-38(24-10-8-7-9-18(24)3)31(44)26(50-34)15-20-11-12-25(22(35)14-20)46-17-21(16-39)48-32(45)23(6-2)37-30(43)29-27(41)28(42)33(49-29)47-19(4)40/h7-12,14-15,21,23,27-29,33,39,41-42H,5-6,13,16-17H2,1-4H3,(H,37,43)/b26-15-,36-34-/t21-,23+,27-,28+,29+,33+/m1/s1. The molecule has 4 rings (SSSR count). The van der Waals surface area contributed by atoms with Gasteiger partial charge in [0, 0.05) is 13.5 Å². The number of esters is 2. The molecule has 0 aromatic heterocycles. The summed E-state index contributed by atoms with van der Waals surface area (Å²) in [5.41, 5.74) is 2.33. The maximum atomic E-state index is 13.5. The zero-order valence-electron chi connectivity index (χ0n) is 27.9. The van der Waals surface area contributed by atoms with Gasteiger partial charge in [-0.3, -0.25) is 24.3 Å². The number of carbonyl (C=O) groups excluding carboxylic acids is 4. The maximum Gasteiger partial charge on any atom is 0.329 e.